The van der Waals surface area contributed by atoms with E-state index in [2.05, 4.69) is 86.6 Å². The molecule has 3 aromatic rings. The lowest BCUT2D eigenvalue weighted by Crippen LogP contribution is -3.00. The van der Waals surface area contributed by atoms with Crippen molar-refractivity contribution in [2.45, 2.75) is 29.3 Å². The Morgan fingerprint density at radius 3 is 1.93 bits per heavy atom. The third kappa shape index (κ3) is 4.61. The molecule has 0 aliphatic carbocycles. The van der Waals surface area contributed by atoms with Gasteiger partial charge in [0.05, 0.1) is 39.1 Å². The Bertz CT molecular complexity index is 945. The zero-order chi connectivity index (χ0) is 20.4. The van der Waals surface area contributed by atoms with Crippen LogP contribution in [-0.4, -0.2) is 38.3 Å². The molecule has 0 aromatic heterocycles. The van der Waals surface area contributed by atoms with Crippen LogP contribution < -0.4 is 22.0 Å². The lowest BCUT2D eigenvalue weighted by atomic mass is 10.1. The van der Waals surface area contributed by atoms with Gasteiger partial charge in [-0.25, -0.2) is 0 Å². The van der Waals surface area contributed by atoms with E-state index in [9.17, 15) is 0 Å². The van der Waals surface area contributed by atoms with Gasteiger partial charge in [0.15, 0.2) is 0 Å². The summed E-state index contributed by atoms with van der Waals surface area (Å²) in [5, 5.41) is 0. The number of benzene rings is 3. The molecule has 3 aromatic carbocycles. The van der Waals surface area contributed by atoms with E-state index in [0.717, 1.165) is 23.3 Å². The number of quaternary nitrogens is 1. The van der Waals surface area contributed by atoms with Crippen LogP contribution in [0.1, 0.15) is 12.5 Å². The lowest BCUT2D eigenvalue weighted by molar-refractivity contribution is -0.924. The fraction of sp³-hybridized carbons (Fsp3) is 0.280. The molecular formula is C25H29ClN2OS. The molecular weight excluding hydrogens is 412 g/mol. The van der Waals surface area contributed by atoms with Crippen LogP contribution in [0.15, 0.2) is 82.6 Å². The maximum absolute atomic E-state index is 5.30. The van der Waals surface area contributed by atoms with Gasteiger partial charge in [-0.2, -0.15) is 0 Å². The molecule has 1 unspecified atom stereocenters. The van der Waals surface area contributed by atoms with Gasteiger partial charge in [0.2, 0.25) is 0 Å². The van der Waals surface area contributed by atoms with E-state index in [-0.39, 0.29) is 12.4 Å². The maximum Gasteiger partial charge on any atom is 0.118 e. The van der Waals surface area contributed by atoms with Gasteiger partial charge in [-0.3, -0.25) is 0 Å². The van der Waals surface area contributed by atoms with E-state index in [4.69, 9.17) is 4.74 Å². The minimum atomic E-state index is 0. The molecule has 0 fully saturated rings. The fourth-order valence-electron chi connectivity index (χ4n) is 3.82. The van der Waals surface area contributed by atoms with Gasteiger partial charge in [0.25, 0.3) is 0 Å². The number of likely N-dealkylation sites (N-methyl/N-ethyl adjacent to an activating group) is 1. The van der Waals surface area contributed by atoms with Gasteiger partial charge in [0, 0.05) is 15.4 Å². The highest BCUT2D eigenvalue weighted by molar-refractivity contribution is 7.99. The first-order chi connectivity index (χ1) is 14.0. The number of nitrogens with zero attached hydrogens (tertiary/aromatic N) is 2. The Balaban J connectivity index is 0.00000256. The van der Waals surface area contributed by atoms with Crippen molar-refractivity contribution in [3.8, 4) is 5.75 Å². The molecule has 1 aliphatic heterocycles. The molecule has 158 valence electrons. The van der Waals surface area contributed by atoms with Crippen LogP contribution in [-0.2, 0) is 6.54 Å². The smallest absolute Gasteiger partial charge is 0.118 e. The third-order valence-corrected chi connectivity index (χ3v) is 7.05. The molecule has 30 heavy (non-hydrogen) atoms. The van der Waals surface area contributed by atoms with Crippen molar-refractivity contribution in [2.24, 2.45) is 0 Å². The average Bonchev–Trinajstić information content (AvgIpc) is 2.73. The Labute approximate surface area is 190 Å². The normalized spacial score (nSPS) is 13.7. The molecule has 1 aliphatic rings. The predicted molar refractivity (Wildman–Crippen MR) is 122 cm³/mol. The molecule has 0 amide bonds. The summed E-state index contributed by atoms with van der Waals surface area (Å²) >= 11 is 1.87. The van der Waals surface area contributed by atoms with E-state index >= 15 is 0 Å². The van der Waals surface area contributed by atoms with Crippen molar-refractivity contribution < 1.29 is 21.6 Å². The van der Waals surface area contributed by atoms with E-state index in [0.29, 0.717) is 6.04 Å². The number of hydrogen-bond donors (Lipinski definition) is 0. The number of anilines is 2. The summed E-state index contributed by atoms with van der Waals surface area (Å²) in [6.45, 7) is 4.31. The first-order valence-electron chi connectivity index (χ1n) is 10.1. The van der Waals surface area contributed by atoms with Crippen LogP contribution in [0.2, 0.25) is 0 Å². The Morgan fingerprint density at radius 1 is 0.867 bits per heavy atom. The predicted octanol–water partition coefficient (Wildman–Crippen LogP) is 2.97. The molecule has 3 nitrogen and oxygen atoms in total. The van der Waals surface area contributed by atoms with E-state index in [1.54, 1.807) is 7.11 Å². The summed E-state index contributed by atoms with van der Waals surface area (Å²) in [7, 11) is 6.36. The fourth-order valence-corrected chi connectivity index (χ4v) is 4.92. The van der Waals surface area contributed by atoms with Crippen molar-refractivity contribution in [1.29, 1.82) is 0 Å². The SMILES string of the molecule is COc1ccc(C[N+](C)(C)C(C)CN2c3ccccc3Sc3ccccc32)cc1.[Cl-]. The third-order valence-electron chi connectivity index (χ3n) is 5.92. The molecule has 0 bridgehead atoms. The average molecular weight is 441 g/mol. The molecule has 5 heteroatoms. The number of para-hydroxylation sites is 2. The van der Waals surface area contributed by atoms with Crippen LogP contribution in [0, 0.1) is 0 Å². The number of hydrogen-bond acceptors (Lipinski definition) is 3. The summed E-state index contributed by atoms with van der Waals surface area (Å²) in [6.07, 6.45) is 0. The summed E-state index contributed by atoms with van der Waals surface area (Å²) < 4.78 is 6.22. The summed E-state index contributed by atoms with van der Waals surface area (Å²) in [4.78, 5) is 5.16. The second-order valence-electron chi connectivity index (χ2n) is 8.28. The summed E-state index contributed by atoms with van der Waals surface area (Å²) in [5.41, 5.74) is 3.96. The van der Waals surface area contributed by atoms with Gasteiger partial charge >= 0.3 is 0 Å². The highest BCUT2D eigenvalue weighted by Crippen LogP contribution is 2.48. The van der Waals surface area contributed by atoms with Crippen LogP contribution in [0.25, 0.3) is 0 Å². The zero-order valence-electron chi connectivity index (χ0n) is 18.0. The molecule has 4 rings (SSSR count). The first-order valence-corrected chi connectivity index (χ1v) is 10.9. The van der Waals surface area contributed by atoms with E-state index < -0.39 is 0 Å². The van der Waals surface area contributed by atoms with Crippen LogP contribution >= 0.6 is 11.8 Å². The van der Waals surface area contributed by atoms with Gasteiger partial charge in [0.1, 0.15) is 18.3 Å². The minimum Gasteiger partial charge on any atom is -1.00 e. The van der Waals surface area contributed by atoms with Crippen LogP contribution in [0.4, 0.5) is 11.4 Å². The Morgan fingerprint density at radius 2 is 1.40 bits per heavy atom. The monoisotopic (exact) mass is 440 g/mol. The molecule has 0 radical (unpaired) electrons. The number of methoxy groups -OCH3 is 1. The number of halogens is 1. The molecule has 0 spiro atoms. The minimum absolute atomic E-state index is 0. The largest absolute Gasteiger partial charge is 1.00 e. The number of rotatable bonds is 6. The van der Waals surface area contributed by atoms with Gasteiger partial charge in [-0.05, 0) is 55.5 Å². The topological polar surface area (TPSA) is 12.5 Å². The highest BCUT2D eigenvalue weighted by atomic mass is 35.5. The quantitative estimate of drug-likeness (QED) is 0.547. The summed E-state index contributed by atoms with van der Waals surface area (Å²) in [6, 6.07) is 26.4. The maximum atomic E-state index is 5.30. The van der Waals surface area contributed by atoms with Crippen LogP contribution in [0.5, 0.6) is 5.75 Å². The van der Waals surface area contributed by atoms with Crippen molar-refractivity contribution >= 4 is 23.1 Å². The molecule has 0 N–H and O–H groups in total. The number of fused-ring (bicyclic) bond motifs is 2. The Kier molecular flexibility index (Phi) is 7.02. The molecule has 1 heterocycles. The van der Waals surface area contributed by atoms with Crippen molar-refractivity contribution in [1.82, 2.24) is 0 Å². The zero-order valence-corrected chi connectivity index (χ0v) is 19.6. The van der Waals surface area contributed by atoms with Gasteiger partial charge in [-0.1, -0.05) is 36.0 Å². The highest BCUT2D eigenvalue weighted by Gasteiger charge is 2.30. The second kappa shape index (κ2) is 9.34. The summed E-state index contributed by atoms with van der Waals surface area (Å²) in [5.74, 6) is 0.908. The van der Waals surface area contributed by atoms with Gasteiger partial charge < -0.3 is 26.5 Å². The molecule has 0 saturated carbocycles. The van der Waals surface area contributed by atoms with Crippen molar-refractivity contribution in [3.63, 3.8) is 0 Å². The standard InChI is InChI=1S/C25H29N2OS.ClH/c1-19(27(2,3)18-20-13-15-21(28-4)16-14-20)17-26-22-9-5-7-11-24(22)29-25-12-8-6-10-23(25)26;/h5-16,19H,17-18H2,1-4H3;1H/q+1;/p-1. The number of ether oxygens (including phenoxy) is 1. The lowest BCUT2D eigenvalue weighted by Gasteiger charge is -2.41. The van der Waals surface area contributed by atoms with Crippen molar-refractivity contribution in [3.05, 3.63) is 78.4 Å². The van der Waals surface area contributed by atoms with Crippen molar-refractivity contribution in [2.75, 3.05) is 32.6 Å². The van der Waals surface area contributed by atoms with E-state index in [1.165, 1.54) is 26.7 Å². The second-order valence-corrected chi connectivity index (χ2v) is 9.37. The van der Waals surface area contributed by atoms with Gasteiger partial charge in [-0.15, -0.1) is 0 Å². The van der Waals surface area contributed by atoms with Crippen LogP contribution in [0.3, 0.4) is 0 Å². The first kappa shape index (κ1) is 22.5. The van der Waals surface area contributed by atoms with E-state index in [1.807, 2.05) is 23.9 Å². The Hall–Kier alpha value is -2.14. The molecule has 1 atom stereocenters. The molecule has 0 saturated heterocycles.